The van der Waals surface area contributed by atoms with Gasteiger partial charge in [-0.05, 0) is 56.1 Å². The summed E-state index contributed by atoms with van der Waals surface area (Å²) in [6.07, 6.45) is 0.471. The SMILES string of the molecule is CC(C1COC(C)(C)O1)[S+]([O-])c1ccc(CCO)cc1. The molecule has 0 spiro atoms. The van der Waals surface area contributed by atoms with Gasteiger partial charge in [-0.2, -0.15) is 0 Å². The standard InChI is InChI=1S/C15H22O4S/c1-11(14-10-18-15(2,3)19-14)20(17)13-6-4-12(5-7-13)8-9-16/h4-7,11,14,16H,8-10H2,1-3H3. The molecule has 5 heteroatoms. The maximum atomic E-state index is 12.5. The second kappa shape index (κ2) is 6.45. The van der Waals surface area contributed by atoms with Gasteiger partial charge in [0.1, 0.15) is 11.4 Å². The first-order chi connectivity index (χ1) is 9.43. The Kier molecular flexibility index (Phi) is 5.09. The van der Waals surface area contributed by atoms with Crippen LogP contribution in [0.5, 0.6) is 0 Å². The van der Waals surface area contributed by atoms with E-state index in [1.165, 1.54) is 0 Å². The molecular formula is C15H22O4S. The van der Waals surface area contributed by atoms with Gasteiger partial charge in [0.25, 0.3) is 0 Å². The third-order valence-electron chi connectivity index (χ3n) is 3.45. The fourth-order valence-corrected chi connectivity index (χ4v) is 3.46. The van der Waals surface area contributed by atoms with E-state index in [9.17, 15) is 4.55 Å². The molecule has 1 N–H and O–H groups in total. The van der Waals surface area contributed by atoms with Crippen molar-refractivity contribution in [1.29, 1.82) is 0 Å². The highest BCUT2D eigenvalue weighted by molar-refractivity contribution is 7.92. The third-order valence-corrected chi connectivity index (χ3v) is 5.16. The molecule has 1 heterocycles. The largest absolute Gasteiger partial charge is 0.611 e. The Morgan fingerprint density at radius 2 is 2.05 bits per heavy atom. The maximum absolute atomic E-state index is 12.5. The zero-order chi connectivity index (χ0) is 14.8. The van der Waals surface area contributed by atoms with Crippen LogP contribution in [-0.2, 0) is 27.1 Å². The molecule has 2 rings (SSSR count). The van der Waals surface area contributed by atoms with Gasteiger partial charge in [-0.1, -0.05) is 12.1 Å². The predicted molar refractivity (Wildman–Crippen MR) is 78.0 cm³/mol. The molecular weight excluding hydrogens is 276 g/mol. The zero-order valence-corrected chi connectivity index (χ0v) is 13.0. The lowest BCUT2D eigenvalue weighted by molar-refractivity contribution is -0.138. The van der Waals surface area contributed by atoms with Crippen LogP contribution in [0.4, 0.5) is 0 Å². The molecule has 20 heavy (non-hydrogen) atoms. The van der Waals surface area contributed by atoms with E-state index in [1.54, 1.807) is 0 Å². The molecule has 0 amide bonds. The smallest absolute Gasteiger partial charge is 0.163 e. The first-order valence-corrected chi connectivity index (χ1v) is 8.06. The maximum Gasteiger partial charge on any atom is 0.163 e. The highest BCUT2D eigenvalue weighted by Gasteiger charge is 2.40. The van der Waals surface area contributed by atoms with Gasteiger partial charge < -0.3 is 19.1 Å². The average Bonchev–Trinajstić information content (AvgIpc) is 2.79. The average molecular weight is 298 g/mol. The minimum absolute atomic E-state index is 0.125. The zero-order valence-electron chi connectivity index (χ0n) is 12.2. The highest BCUT2D eigenvalue weighted by Crippen LogP contribution is 2.29. The number of aliphatic hydroxyl groups is 1. The molecule has 1 fully saturated rings. The van der Waals surface area contributed by atoms with E-state index < -0.39 is 17.0 Å². The van der Waals surface area contributed by atoms with Crippen LogP contribution in [0, 0.1) is 0 Å². The molecule has 1 aliphatic rings. The van der Waals surface area contributed by atoms with Crippen LogP contribution in [-0.4, -0.2) is 40.0 Å². The molecule has 112 valence electrons. The van der Waals surface area contributed by atoms with E-state index in [0.717, 1.165) is 10.5 Å². The quantitative estimate of drug-likeness (QED) is 0.843. The Bertz CT molecular complexity index is 432. The molecule has 0 aromatic heterocycles. The van der Waals surface area contributed by atoms with E-state index >= 15 is 0 Å². The van der Waals surface area contributed by atoms with Crippen molar-refractivity contribution >= 4 is 11.2 Å². The molecule has 0 radical (unpaired) electrons. The van der Waals surface area contributed by atoms with Crippen molar-refractivity contribution in [2.45, 2.75) is 49.2 Å². The lowest BCUT2D eigenvalue weighted by Gasteiger charge is -2.23. The molecule has 1 aromatic rings. The first-order valence-electron chi connectivity index (χ1n) is 6.85. The first kappa shape index (κ1) is 15.8. The Balaban J connectivity index is 2.01. The van der Waals surface area contributed by atoms with Crippen LogP contribution in [0.25, 0.3) is 0 Å². The summed E-state index contributed by atoms with van der Waals surface area (Å²) >= 11 is -1.13. The number of hydrogen-bond acceptors (Lipinski definition) is 4. The second-order valence-corrected chi connectivity index (χ2v) is 7.30. The fourth-order valence-electron chi connectivity index (χ4n) is 2.22. The van der Waals surface area contributed by atoms with Gasteiger partial charge in [-0.3, -0.25) is 0 Å². The highest BCUT2D eigenvalue weighted by atomic mass is 32.2. The summed E-state index contributed by atoms with van der Waals surface area (Å²) in [5.74, 6) is -0.589. The summed E-state index contributed by atoms with van der Waals surface area (Å²) in [5, 5.41) is 8.76. The molecule has 1 aromatic carbocycles. The lowest BCUT2D eigenvalue weighted by atomic mass is 10.2. The summed E-state index contributed by atoms with van der Waals surface area (Å²) in [5.41, 5.74) is 1.04. The summed E-state index contributed by atoms with van der Waals surface area (Å²) in [7, 11) is 0. The Morgan fingerprint density at radius 3 is 2.55 bits per heavy atom. The molecule has 0 aliphatic carbocycles. The van der Waals surface area contributed by atoms with Crippen LogP contribution in [0.2, 0.25) is 0 Å². The number of rotatable bonds is 5. The minimum atomic E-state index is -1.13. The number of aliphatic hydroxyl groups excluding tert-OH is 1. The van der Waals surface area contributed by atoms with E-state index in [2.05, 4.69) is 0 Å². The van der Waals surface area contributed by atoms with Crippen LogP contribution in [0.15, 0.2) is 29.2 Å². The van der Waals surface area contributed by atoms with Crippen LogP contribution in [0.3, 0.4) is 0 Å². The summed E-state index contributed by atoms with van der Waals surface area (Å²) in [4.78, 5) is 0.785. The monoisotopic (exact) mass is 298 g/mol. The molecule has 1 aliphatic heterocycles. The number of ether oxygens (including phenoxy) is 2. The van der Waals surface area contributed by atoms with E-state index in [-0.39, 0.29) is 18.0 Å². The van der Waals surface area contributed by atoms with E-state index in [0.29, 0.717) is 13.0 Å². The van der Waals surface area contributed by atoms with Crippen molar-refractivity contribution in [3.05, 3.63) is 29.8 Å². The molecule has 3 unspecified atom stereocenters. The Labute approximate surface area is 123 Å². The van der Waals surface area contributed by atoms with Crippen molar-refractivity contribution in [1.82, 2.24) is 0 Å². The summed E-state index contributed by atoms with van der Waals surface area (Å²) in [6.45, 7) is 6.26. The molecule has 0 saturated carbocycles. The third kappa shape index (κ3) is 3.74. The van der Waals surface area contributed by atoms with Crippen molar-refractivity contribution in [3.63, 3.8) is 0 Å². The molecule has 1 saturated heterocycles. The van der Waals surface area contributed by atoms with Gasteiger partial charge in [0.2, 0.25) is 0 Å². The number of hydrogen-bond donors (Lipinski definition) is 1. The van der Waals surface area contributed by atoms with E-state index in [1.807, 2.05) is 45.0 Å². The molecule has 3 atom stereocenters. The van der Waals surface area contributed by atoms with Crippen LogP contribution < -0.4 is 0 Å². The van der Waals surface area contributed by atoms with Gasteiger partial charge in [0.15, 0.2) is 10.7 Å². The van der Waals surface area contributed by atoms with Gasteiger partial charge in [-0.15, -0.1) is 0 Å². The van der Waals surface area contributed by atoms with Crippen molar-refractivity contribution in [2.75, 3.05) is 13.2 Å². The van der Waals surface area contributed by atoms with E-state index in [4.69, 9.17) is 14.6 Å². The van der Waals surface area contributed by atoms with Crippen LogP contribution in [0.1, 0.15) is 26.3 Å². The topological polar surface area (TPSA) is 61.8 Å². The number of benzene rings is 1. The van der Waals surface area contributed by atoms with Crippen molar-refractivity contribution in [2.24, 2.45) is 0 Å². The van der Waals surface area contributed by atoms with Gasteiger partial charge in [0, 0.05) is 6.61 Å². The lowest BCUT2D eigenvalue weighted by Crippen LogP contribution is -2.34. The fraction of sp³-hybridized carbons (Fsp3) is 0.600. The predicted octanol–water partition coefficient (Wildman–Crippen LogP) is 1.87. The minimum Gasteiger partial charge on any atom is -0.611 e. The van der Waals surface area contributed by atoms with Gasteiger partial charge >= 0.3 is 0 Å². The van der Waals surface area contributed by atoms with Crippen molar-refractivity contribution < 1.29 is 19.1 Å². The second-order valence-electron chi connectivity index (χ2n) is 5.49. The van der Waals surface area contributed by atoms with Gasteiger partial charge in [0.05, 0.1) is 6.61 Å². The molecule has 4 nitrogen and oxygen atoms in total. The summed E-state index contributed by atoms with van der Waals surface area (Å²) < 4.78 is 23.8. The van der Waals surface area contributed by atoms with Crippen molar-refractivity contribution in [3.8, 4) is 0 Å². The Hall–Kier alpha value is -0.590. The normalized spacial score (nSPS) is 24.6. The van der Waals surface area contributed by atoms with Gasteiger partial charge in [-0.25, -0.2) is 0 Å². The summed E-state index contributed by atoms with van der Waals surface area (Å²) in [6, 6.07) is 7.54. The van der Waals surface area contributed by atoms with Crippen LogP contribution >= 0.6 is 0 Å². The Morgan fingerprint density at radius 1 is 1.40 bits per heavy atom. The molecule has 0 bridgehead atoms.